The molecule has 1 heterocycles. The number of rotatable bonds is 7. The highest BCUT2D eigenvalue weighted by atomic mass is 32.2. The lowest BCUT2D eigenvalue weighted by molar-refractivity contribution is 0.392. The van der Waals surface area contributed by atoms with E-state index < -0.39 is 10.0 Å². The van der Waals surface area contributed by atoms with E-state index in [1.54, 1.807) is 19.2 Å². The maximum absolute atomic E-state index is 12.8. The van der Waals surface area contributed by atoms with Gasteiger partial charge < -0.3 is 18.8 Å². The summed E-state index contributed by atoms with van der Waals surface area (Å²) in [4.78, 5) is 0.0298. The second-order valence-electron chi connectivity index (χ2n) is 5.99. The summed E-state index contributed by atoms with van der Waals surface area (Å²) in [6, 6.07) is 10.4. The molecule has 3 rings (SSSR count). The first-order valence-corrected chi connectivity index (χ1v) is 9.71. The smallest absolute Gasteiger partial charge is 0.244 e. The van der Waals surface area contributed by atoms with Crippen molar-refractivity contribution in [3.8, 4) is 17.2 Å². The predicted octanol–water partition coefficient (Wildman–Crippen LogP) is 2.68. The number of aryl methyl sites for hydroxylation is 1. The van der Waals surface area contributed by atoms with Gasteiger partial charge in [0.05, 0.1) is 21.3 Å². The molecule has 3 aromatic rings. The maximum atomic E-state index is 12.8. The SMILES string of the molecule is COc1ccc(OC)c(S(=O)(=O)NCc2cn(C)c3ccc(OC)cc23)c1. The Bertz CT molecular complexity index is 1070. The number of hydrogen-bond acceptors (Lipinski definition) is 5. The molecule has 0 radical (unpaired) electrons. The van der Waals surface area contributed by atoms with Crippen molar-refractivity contribution in [1.82, 2.24) is 9.29 Å². The molecular formula is C19H22N2O5S. The molecule has 27 heavy (non-hydrogen) atoms. The second-order valence-corrected chi connectivity index (χ2v) is 7.73. The molecule has 0 saturated heterocycles. The van der Waals surface area contributed by atoms with Gasteiger partial charge in [0, 0.05) is 36.8 Å². The molecule has 0 spiro atoms. The second kappa shape index (κ2) is 7.50. The molecular weight excluding hydrogens is 368 g/mol. The summed E-state index contributed by atoms with van der Waals surface area (Å²) < 4.78 is 45.9. The molecule has 7 nitrogen and oxygen atoms in total. The Morgan fingerprint density at radius 2 is 1.63 bits per heavy atom. The third-order valence-corrected chi connectivity index (χ3v) is 5.81. The Balaban J connectivity index is 1.93. The number of methoxy groups -OCH3 is 3. The van der Waals surface area contributed by atoms with E-state index in [2.05, 4.69) is 4.72 Å². The van der Waals surface area contributed by atoms with E-state index >= 15 is 0 Å². The van der Waals surface area contributed by atoms with Crippen LogP contribution in [-0.4, -0.2) is 34.3 Å². The van der Waals surface area contributed by atoms with Crippen molar-refractivity contribution in [2.24, 2.45) is 7.05 Å². The molecule has 0 bridgehead atoms. The highest BCUT2D eigenvalue weighted by Gasteiger charge is 2.21. The topological polar surface area (TPSA) is 78.8 Å². The van der Waals surface area contributed by atoms with Crippen LogP contribution in [0.4, 0.5) is 0 Å². The van der Waals surface area contributed by atoms with Crippen molar-refractivity contribution < 1.29 is 22.6 Å². The molecule has 0 aliphatic rings. The summed E-state index contributed by atoms with van der Waals surface area (Å²) in [5.41, 5.74) is 1.83. The van der Waals surface area contributed by atoms with Crippen LogP contribution >= 0.6 is 0 Å². The molecule has 0 fully saturated rings. The minimum atomic E-state index is -3.80. The third kappa shape index (κ3) is 3.72. The van der Waals surface area contributed by atoms with E-state index in [1.807, 2.05) is 36.0 Å². The van der Waals surface area contributed by atoms with Gasteiger partial charge in [0.1, 0.15) is 22.1 Å². The van der Waals surface area contributed by atoms with Crippen LogP contribution in [0, 0.1) is 0 Å². The lowest BCUT2D eigenvalue weighted by Gasteiger charge is -2.12. The van der Waals surface area contributed by atoms with E-state index in [0.29, 0.717) is 11.5 Å². The Labute approximate surface area is 158 Å². The van der Waals surface area contributed by atoms with Crippen molar-refractivity contribution in [2.75, 3.05) is 21.3 Å². The Kier molecular flexibility index (Phi) is 5.29. The molecule has 0 aliphatic carbocycles. The molecule has 0 unspecified atom stereocenters. The summed E-state index contributed by atoms with van der Waals surface area (Å²) in [5, 5.41) is 0.928. The summed E-state index contributed by atoms with van der Waals surface area (Å²) in [7, 11) is 2.62. The number of aromatic nitrogens is 1. The molecule has 1 N–H and O–H groups in total. The molecule has 8 heteroatoms. The molecule has 0 saturated carbocycles. The van der Waals surface area contributed by atoms with Gasteiger partial charge in [0.25, 0.3) is 0 Å². The molecule has 2 aromatic carbocycles. The normalized spacial score (nSPS) is 11.6. The Morgan fingerprint density at radius 3 is 2.30 bits per heavy atom. The zero-order valence-corrected chi connectivity index (χ0v) is 16.5. The fourth-order valence-electron chi connectivity index (χ4n) is 2.97. The highest BCUT2D eigenvalue weighted by molar-refractivity contribution is 7.89. The molecule has 1 aromatic heterocycles. The molecule has 0 amide bonds. The highest BCUT2D eigenvalue weighted by Crippen LogP contribution is 2.29. The fourth-order valence-corrected chi connectivity index (χ4v) is 4.15. The van der Waals surface area contributed by atoms with E-state index in [0.717, 1.165) is 16.5 Å². The van der Waals surface area contributed by atoms with Crippen molar-refractivity contribution in [3.63, 3.8) is 0 Å². The first-order valence-electron chi connectivity index (χ1n) is 8.23. The largest absolute Gasteiger partial charge is 0.497 e. The quantitative estimate of drug-likeness (QED) is 0.671. The molecule has 0 aliphatic heterocycles. The average Bonchev–Trinajstić information content (AvgIpc) is 3.01. The summed E-state index contributed by atoms with van der Waals surface area (Å²) >= 11 is 0. The number of fused-ring (bicyclic) bond motifs is 1. The van der Waals surface area contributed by atoms with Crippen LogP contribution in [0.2, 0.25) is 0 Å². The van der Waals surface area contributed by atoms with Gasteiger partial charge in [0.15, 0.2) is 0 Å². The van der Waals surface area contributed by atoms with Gasteiger partial charge in [-0.05, 0) is 35.9 Å². The first-order chi connectivity index (χ1) is 12.9. The van der Waals surface area contributed by atoms with Gasteiger partial charge >= 0.3 is 0 Å². The Hall–Kier alpha value is -2.71. The zero-order chi connectivity index (χ0) is 19.6. The van der Waals surface area contributed by atoms with E-state index in [-0.39, 0.29) is 17.2 Å². The number of benzene rings is 2. The van der Waals surface area contributed by atoms with Crippen molar-refractivity contribution in [3.05, 3.63) is 48.2 Å². The Morgan fingerprint density at radius 1 is 0.963 bits per heavy atom. The minimum Gasteiger partial charge on any atom is -0.497 e. The summed E-state index contributed by atoms with van der Waals surface area (Å²) in [5.74, 6) is 1.40. The van der Waals surface area contributed by atoms with Gasteiger partial charge in [-0.25, -0.2) is 13.1 Å². The van der Waals surface area contributed by atoms with E-state index in [9.17, 15) is 8.42 Å². The van der Waals surface area contributed by atoms with Crippen LogP contribution in [-0.2, 0) is 23.6 Å². The van der Waals surface area contributed by atoms with Crippen LogP contribution in [0.3, 0.4) is 0 Å². The van der Waals surface area contributed by atoms with Crippen molar-refractivity contribution in [1.29, 1.82) is 0 Å². The van der Waals surface area contributed by atoms with Crippen molar-refractivity contribution in [2.45, 2.75) is 11.4 Å². The number of hydrogen-bond donors (Lipinski definition) is 1. The van der Waals surface area contributed by atoms with E-state index in [1.165, 1.54) is 20.3 Å². The van der Waals surface area contributed by atoms with Gasteiger partial charge in [0.2, 0.25) is 10.0 Å². The van der Waals surface area contributed by atoms with E-state index in [4.69, 9.17) is 14.2 Å². The van der Waals surface area contributed by atoms with Crippen LogP contribution in [0.15, 0.2) is 47.5 Å². The van der Waals surface area contributed by atoms with Gasteiger partial charge in [-0.15, -0.1) is 0 Å². The van der Waals surface area contributed by atoms with Crippen LogP contribution in [0.25, 0.3) is 10.9 Å². The average molecular weight is 390 g/mol. The third-order valence-electron chi connectivity index (χ3n) is 4.39. The van der Waals surface area contributed by atoms with Gasteiger partial charge in [-0.3, -0.25) is 0 Å². The van der Waals surface area contributed by atoms with Crippen LogP contribution in [0.5, 0.6) is 17.2 Å². The van der Waals surface area contributed by atoms with Crippen LogP contribution in [0.1, 0.15) is 5.56 Å². The number of nitrogens with one attached hydrogen (secondary N) is 1. The standard InChI is InChI=1S/C19H22N2O5S/c1-21-12-13(16-9-14(24-2)5-7-17(16)21)11-20-27(22,23)19-10-15(25-3)6-8-18(19)26-4/h5-10,12,20H,11H2,1-4H3. The first kappa shape index (κ1) is 19.1. The maximum Gasteiger partial charge on any atom is 0.244 e. The van der Waals surface area contributed by atoms with Crippen LogP contribution < -0.4 is 18.9 Å². The van der Waals surface area contributed by atoms with Crippen molar-refractivity contribution >= 4 is 20.9 Å². The number of sulfonamides is 1. The lowest BCUT2D eigenvalue weighted by Crippen LogP contribution is -2.23. The van der Waals surface area contributed by atoms with Gasteiger partial charge in [-0.2, -0.15) is 0 Å². The molecule has 0 atom stereocenters. The summed E-state index contributed by atoms with van der Waals surface area (Å²) in [6.45, 7) is 0.132. The lowest BCUT2D eigenvalue weighted by atomic mass is 10.1. The summed E-state index contributed by atoms with van der Waals surface area (Å²) in [6.07, 6.45) is 1.90. The molecule has 144 valence electrons. The minimum absolute atomic E-state index is 0.0298. The number of nitrogens with zero attached hydrogens (tertiary/aromatic N) is 1. The van der Waals surface area contributed by atoms with Gasteiger partial charge in [-0.1, -0.05) is 0 Å². The predicted molar refractivity (Wildman–Crippen MR) is 103 cm³/mol. The monoisotopic (exact) mass is 390 g/mol. The fraction of sp³-hybridized carbons (Fsp3) is 0.263. The number of ether oxygens (including phenoxy) is 3. The zero-order valence-electron chi connectivity index (χ0n) is 15.6.